The maximum atomic E-state index is 11.2. The molecule has 0 saturated carbocycles. The average molecular weight is 265 g/mol. The first-order valence-corrected chi connectivity index (χ1v) is 6.64. The van der Waals surface area contributed by atoms with E-state index in [1.165, 1.54) is 0 Å². The second-order valence-electron chi connectivity index (χ2n) is 4.53. The van der Waals surface area contributed by atoms with Gasteiger partial charge in [-0.3, -0.25) is 4.79 Å². The number of hydrogen-bond acceptors (Lipinski definition) is 4. The number of hydrogen-bond donors (Lipinski definition) is 1. The van der Waals surface area contributed by atoms with E-state index in [-0.39, 0.29) is 12.0 Å². The molecule has 0 aromatic heterocycles. The van der Waals surface area contributed by atoms with Gasteiger partial charge in [-0.1, -0.05) is 12.1 Å². The minimum Gasteiger partial charge on any atom is -0.496 e. The van der Waals surface area contributed by atoms with Crippen LogP contribution in [0.5, 0.6) is 5.75 Å². The molecule has 0 heterocycles. The monoisotopic (exact) mass is 265 g/mol. The minimum absolute atomic E-state index is 0.0565. The number of benzene rings is 1. The van der Waals surface area contributed by atoms with Gasteiger partial charge in [0.25, 0.3) is 0 Å². The van der Waals surface area contributed by atoms with Crippen LogP contribution in [0, 0.1) is 6.92 Å². The van der Waals surface area contributed by atoms with Crippen molar-refractivity contribution in [3.8, 4) is 5.75 Å². The lowest BCUT2D eigenvalue weighted by atomic mass is 10.00. The van der Waals surface area contributed by atoms with E-state index in [4.69, 9.17) is 15.2 Å². The van der Waals surface area contributed by atoms with E-state index in [0.717, 1.165) is 29.7 Å². The lowest BCUT2D eigenvalue weighted by Gasteiger charge is -2.14. The van der Waals surface area contributed by atoms with Gasteiger partial charge in [0.15, 0.2) is 0 Å². The Morgan fingerprint density at radius 1 is 1.42 bits per heavy atom. The van der Waals surface area contributed by atoms with Crippen molar-refractivity contribution in [2.75, 3.05) is 13.7 Å². The summed E-state index contributed by atoms with van der Waals surface area (Å²) in [5, 5.41) is 0. The number of nitrogens with two attached hydrogens (primary N) is 1. The molecule has 1 unspecified atom stereocenters. The SMILES string of the molecule is CCOC(=O)CCCC(N)c1ccc(OC)c(C)c1. The van der Waals surface area contributed by atoms with Crippen molar-refractivity contribution in [2.24, 2.45) is 5.73 Å². The summed E-state index contributed by atoms with van der Waals surface area (Å²) in [5.41, 5.74) is 8.26. The Morgan fingerprint density at radius 3 is 2.74 bits per heavy atom. The van der Waals surface area contributed by atoms with Crippen molar-refractivity contribution in [3.63, 3.8) is 0 Å². The van der Waals surface area contributed by atoms with Gasteiger partial charge in [-0.2, -0.15) is 0 Å². The molecule has 0 aliphatic carbocycles. The Morgan fingerprint density at radius 2 is 2.16 bits per heavy atom. The van der Waals surface area contributed by atoms with E-state index in [1.54, 1.807) is 7.11 Å². The predicted molar refractivity (Wildman–Crippen MR) is 75.1 cm³/mol. The molecular formula is C15H23NO3. The first-order chi connectivity index (χ1) is 9.08. The molecule has 1 atom stereocenters. The average Bonchev–Trinajstić information content (AvgIpc) is 2.38. The van der Waals surface area contributed by atoms with Crippen LogP contribution in [0.15, 0.2) is 18.2 Å². The summed E-state index contributed by atoms with van der Waals surface area (Å²) >= 11 is 0. The number of esters is 1. The van der Waals surface area contributed by atoms with Crippen molar-refractivity contribution in [1.82, 2.24) is 0 Å². The van der Waals surface area contributed by atoms with Crippen molar-refractivity contribution in [3.05, 3.63) is 29.3 Å². The van der Waals surface area contributed by atoms with Crippen LogP contribution >= 0.6 is 0 Å². The third-order valence-electron chi connectivity index (χ3n) is 3.05. The predicted octanol–water partition coefficient (Wildman–Crippen LogP) is 2.74. The number of aryl methyl sites for hydroxylation is 1. The van der Waals surface area contributed by atoms with Gasteiger partial charge in [-0.25, -0.2) is 0 Å². The molecule has 0 aliphatic heterocycles. The molecule has 0 spiro atoms. The Balaban J connectivity index is 2.47. The number of ether oxygens (including phenoxy) is 2. The van der Waals surface area contributed by atoms with Crippen molar-refractivity contribution in [1.29, 1.82) is 0 Å². The van der Waals surface area contributed by atoms with E-state index in [0.29, 0.717) is 13.0 Å². The summed E-state index contributed by atoms with van der Waals surface area (Å²) in [6.07, 6.45) is 1.94. The van der Waals surface area contributed by atoms with Crippen LogP contribution in [-0.4, -0.2) is 19.7 Å². The van der Waals surface area contributed by atoms with Gasteiger partial charge in [0.05, 0.1) is 13.7 Å². The smallest absolute Gasteiger partial charge is 0.305 e. The normalized spacial score (nSPS) is 12.0. The highest BCUT2D eigenvalue weighted by molar-refractivity contribution is 5.69. The summed E-state index contributed by atoms with van der Waals surface area (Å²) in [5.74, 6) is 0.711. The maximum absolute atomic E-state index is 11.2. The Hall–Kier alpha value is -1.55. The maximum Gasteiger partial charge on any atom is 0.305 e. The van der Waals surface area contributed by atoms with Crippen LogP contribution in [0.3, 0.4) is 0 Å². The van der Waals surface area contributed by atoms with Crippen LogP contribution in [-0.2, 0) is 9.53 Å². The number of carbonyl (C=O) groups excluding carboxylic acids is 1. The zero-order valence-electron chi connectivity index (χ0n) is 11.9. The molecule has 0 radical (unpaired) electrons. The molecule has 4 nitrogen and oxygen atoms in total. The van der Waals surface area contributed by atoms with Crippen LogP contribution < -0.4 is 10.5 Å². The van der Waals surface area contributed by atoms with E-state index in [2.05, 4.69) is 0 Å². The van der Waals surface area contributed by atoms with Crippen molar-refractivity contribution in [2.45, 2.75) is 39.2 Å². The Labute approximate surface area is 114 Å². The molecule has 0 saturated heterocycles. The molecule has 106 valence electrons. The lowest BCUT2D eigenvalue weighted by molar-refractivity contribution is -0.143. The van der Waals surface area contributed by atoms with Crippen molar-refractivity contribution < 1.29 is 14.3 Å². The summed E-state index contributed by atoms with van der Waals surface area (Å²) in [6.45, 7) is 4.24. The number of methoxy groups -OCH3 is 1. The first-order valence-electron chi connectivity index (χ1n) is 6.64. The van der Waals surface area contributed by atoms with Gasteiger partial charge in [-0.05, 0) is 43.9 Å². The second kappa shape index (κ2) is 7.79. The number of rotatable bonds is 7. The highest BCUT2D eigenvalue weighted by Crippen LogP contribution is 2.23. The summed E-state index contributed by atoms with van der Waals surface area (Å²) in [6, 6.07) is 5.88. The topological polar surface area (TPSA) is 61.5 Å². The standard InChI is InChI=1S/C15H23NO3/c1-4-19-15(17)7-5-6-13(16)12-8-9-14(18-3)11(2)10-12/h8-10,13H,4-7,16H2,1-3H3. The quantitative estimate of drug-likeness (QED) is 0.770. The van der Waals surface area contributed by atoms with E-state index >= 15 is 0 Å². The summed E-state index contributed by atoms with van der Waals surface area (Å²) < 4.78 is 10.1. The second-order valence-corrected chi connectivity index (χ2v) is 4.53. The minimum atomic E-state index is -0.152. The molecule has 2 N–H and O–H groups in total. The van der Waals surface area contributed by atoms with Gasteiger partial charge in [0.2, 0.25) is 0 Å². The Kier molecular flexibility index (Phi) is 6.36. The summed E-state index contributed by atoms with van der Waals surface area (Å²) in [7, 11) is 1.65. The van der Waals surface area contributed by atoms with E-state index in [1.807, 2.05) is 32.0 Å². The van der Waals surface area contributed by atoms with Crippen LogP contribution in [0.1, 0.15) is 43.4 Å². The van der Waals surface area contributed by atoms with E-state index < -0.39 is 0 Å². The fourth-order valence-corrected chi connectivity index (χ4v) is 2.00. The first kappa shape index (κ1) is 15.5. The fraction of sp³-hybridized carbons (Fsp3) is 0.533. The molecule has 1 rings (SSSR count). The molecule has 1 aromatic carbocycles. The van der Waals surface area contributed by atoms with E-state index in [9.17, 15) is 4.79 Å². The molecule has 4 heteroatoms. The fourth-order valence-electron chi connectivity index (χ4n) is 2.00. The molecule has 0 fully saturated rings. The van der Waals surface area contributed by atoms with Gasteiger partial charge in [0.1, 0.15) is 5.75 Å². The zero-order chi connectivity index (χ0) is 14.3. The van der Waals surface area contributed by atoms with Crippen LogP contribution in [0.25, 0.3) is 0 Å². The van der Waals surface area contributed by atoms with Gasteiger partial charge in [-0.15, -0.1) is 0 Å². The third-order valence-corrected chi connectivity index (χ3v) is 3.05. The number of carbonyl (C=O) groups is 1. The largest absolute Gasteiger partial charge is 0.496 e. The highest BCUT2D eigenvalue weighted by Gasteiger charge is 2.09. The molecule has 0 bridgehead atoms. The molecule has 0 aliphatic rings. The Bertz CT molecular complexity index is 418. The van der Waals surface area contributed by atoms with Gasteiger partial charge in [0, 0.05) is 12.5 Å². The van der Waals surface area contributed by atoms with Crippen molar-refractivity contribution >= 4 is 5.97 Å². The molecular weight excluding hydrogens is 242 g/mol. The highest BCUT2D eigenvalue weighted by atomic mass is 16.5. The van der Waals surface area contributed by atoms with Gasteiger partial charge >= 0.3 is 5.97 Å². The van der Waals surface area contributed by atoms with Crippen LogP contribution in [0.2, 0.25) is 0 Å². The van der Waals surface area contributed by atoms with Gasteiger partial charge < -0.3 is 15.2 Å². The zero-order valence-corrected chi connectivity index (χ0v) is 11.9. The molecule has 0 amide bonds. The third kappa shape index (κ3) is 4.91. The molecule has 1 aromatic rings. The molecule has 19 heavy (non-hydrogen) atoms. The summed E-state index contributed by atoms with van der Waals surface area (Å²) in [4.78, 5) is 11.2. The lowest BCUT2D eigenvalue weighted by Crippen LogP contribution is -2.12. The van der Waals surface area contributed by atoms with Crippen LogP contribution in [0.4, 0.5) is 0 Å².